The van der Waals surface area contributed by atoms with E-state index in [0.29, 0.717) is 22.6 Å². The predicted molar refractivity (Wildman–Crippen MR) is 133 cm³/mol. The average Bonchev–Trinajstić information content (AvgIpc) is 3.19. The molecule has 5 rings (SSSR count). The van der Waals surface area contributed by atoms with Crippen LogP contribution >= 0.6 is 0 Å². The molecule has 0 atom stereocenters. The number of benzene rings is 2. The second-order valence-electron chi connectivity index (χ2n) is 8.23. The highest BCUT2D eigenvalue weighted by atomic mass is 19.1. The van der Waals surface area contributed by atoms with E-state index >= 15 is 0 Å². The highest BCUT2D eigenvalue weighted by Gasteiger charge is 2.17. The molecule has 0 aliphatic rings. The molecule has 174 valence electrons. The number of nitrogens with two attached hydrogens (primary N) is 1. The van der Waals surface area contributed by atoms with E-state index in [1.165, 1.54) is 36.8 Å². The lowest BCUT2D eigenvalue weighted by Gasteiger charge is -2.10. The van der Waals surface area contributed by atoms with Crippen molar-refractivity contribution in [2.75, 3.05) is 11.1 Å². The molecule has 0 radical (unpaired) electrons. The van der Waals surface area contributed by atoms with Crippen LogP contribution in [0.25, 0.3) is 33.3 Å². The molecule has 3 heterocycles. The van der Waals surface area contributed by atoms with Crippen LogP contribution in [0.2, 0.25) is 0 Å². The zero-order chi connectivity index (χ0) is 24.7. The largest absolute Gasteiger partial charge is 0.383 e. The number of hydrogen-bond donors (Lipinski definition) is 2. The van der Waals surface area contributed by atoms with Crippen LogP contribution in [0, 0.1) is 5.82 Å². The summed E-state index contributed by atoms with van der Waals surface area (Å²) in [5.41, 5.74) is 9.48. The molecular weight excluding hydrogens is 447 g/mol. The molecule has 3 N–H and O–H groups in total. The number of carbonyl (C=O) groups is 1. The Labute approximate surface area is 199 Å². The summed E-state index contributed by atoms with van der Waals surface area (Å²) in [7, 11) is 3.60. The molecule has 3 aromatic heterocycles. The molecule has 0 aliphatic heterocycles. The van der Waals surface area contributed by atoms with Gasteiger partial charge in [0.15, 0.2) is 0 Å². The number of halogens is 1. The van der Waals surface area contributed by atoms with Crippen LogP contribution in [0.5, 0.6) is 0 Å². The fourth-order valence-corrected chi connectivity index (χ4v) is 4.09. The van der Waals surface area contributed by atoms with Gasteiger partial charge < -0.3 is 20.2 Å². The van der Waals surface area contributed by atoms with Crippen LogP contribution in [-0.4, -0.2) is 25.0 Å². The maximum atomic E-state index is 13.3. The number of rotatable bonds is 4. The quantitative estimate of drug-likeness (QED) is 0.415. The van der Waals surface area contributed by atoms with E-state index in [-0.39, 0.29) is 5.56 Å². The van der Waals surface area contributed by atoms with E-state index in [4.69, 9.17) is 5.73 Å². The second-order valence-corrected chi connectivity index (χ2v) is 8.23. The molecule has 0 unspecified atom stereocenters. The Morgan fingerprint density at radius 3 is 2.29 bits per heavy atom. The number of aryl methyl sites for hydroxylation is 2. The number of pyridine rings is 1. The molecule has 0 saturated carbocycles. The SMILES string of the molecule is Cn1cc(C(=O)Nc2ccc(-c3cn(C)c4ncnc(N)c34)cc2)c(=O)c(-c2ccc(F)cc2)c1. The molecule has 0 aliphatic carbocycles. The highest BCUT2D eigenvalue weighted by molar-refractivity contribution is 6.05. The zero-order valence-electron chi connectivity index (χ0n) is 19.0. The van der Waals surface area contributed by atoms with Crippen LogP contribution in [0.1, 0.15) is 10.4 Å². The van der Waals surface area contributed by atoms with E-state index in [9.17, 15) is 14.0 Å². The number of carbonyl (C=O) groups excluding carboxylic acids is 1. The van der Waals surface area contributed by atoms with Crippen molar-refractivity contribution >= 4 is 28.4 Å². The monoisotopic (exact) mass is 468 g/mol. The van der Waals surface area contributed by atoms with Gasteiger partial charge in [-0.05, 0) is 35.4 Å². The number of anilines is 2. The lowest BCUT2D eigenvalue weighted by Crippen LogP contribution is -2.24. The third-order valence-electron chi connectivity index (χ3n) is 5.79. The first-order chi connectivity index (χ1) is 16.8. The minimum Gasteiger partial charge on any atom is -0.383 e. The van der Waals surface area contributed by atoms with Crippen LogP contribution < -0.4 is 16.5 Å². The fourth-order valence-electron chi connectivity index (χ4n) is 4.09. The summed E-state index contributed by atoms with van der Waals surface area (Å²) >= 11 is 0. The van der Waals surface area contributed by atoms with Crippen molar-refractivity contribution in [3.05, 3.63) is 95.1 Å². The van der Waals surface area contributed by atoms with E-state index in [0.717, 1.165) is 22.2 Å². The first kappa shape index (κ1) is 22.0. The molecule has 0 saturated heterocycles. The number of fused-ring (bicyclic) bond motifs is 1. The van der Waals surface area contributed by atoms with Gasteiger partial charge in [0, 0.05) is 49.5 Å². The average molecular weight is 468 g/mol. The summed E-state index contributed by atoms with van der Waals surface area (Å²) < 4.78 is 16.8. The Morgan fingerprint density at radius 2 is 1.57 bits per heavy atom. The third-order valence-corrected chi connectivity index (χ3v) is 5.79. The number of nitrogen functional groups attached to an aromatic ring is 1. The van der Waals surface area contributed by atoms with Gasteiger partial charge in [-0.1, -0.05) is 24.3 Å². The lowest BCUT2D eigenvalue weighted by molar-refractivity contribution is 0.102. The molecule has 9 heteroatoms. The number of nitrogens with one attached hydrogen (secondary N) is 1. The summed E-state index contributed by atoms with van der Waals surface area (Å²) in [6.07, 6.45) is 6.43. The topological polar surface area (TPSA) is 108 Å². The fraction of sp³-hybridized carbons (Fsp3) is 0.0769. The van der Waals surface area contributed by atoms with Gasteiger partial charge in [0.05, 0.1) is 5.39 Å². The van der Waals surface area contributed by atoms with E-state index in [2.05, 4.69) is 15.3 Å². The lowest BCUT2D eigenvalue weighted by atomic mass is 10.0. The number of nitrogens with zero attached hydrogens (tertiary/aromatic N) is 4. The summed E-state index contributed by atoms with van der Waals surface area (Å²) in [5.74, 6) is -0.549. The maximum Gasteiger partial charge on any atom is 0.261 e. The summed E-state index contributed by atoms with van der Waals surface area (Å²) in [5, 5.41) is 3.54. The van der Waals surface area contributed by atoms with Gasteiger partial charge in [-0.3, -0.25) is 9.59 Å². The third kappa shape index (κ3) is 4.04. The van der Waals surface area contributed by atoms with Crippen molar-refractivity contribution in [3.63, 3.8) is 0 Å². The van der Waals surface area contributed by atoms with Crippen LogP contribution in [0.3, 0.4) is 0 Å². The molecular formula is C26H21FN6O2. The predicted octanol–water partition coefficient (Wildman–Crippen LogP) is 3.97. The van der Waals surface area contributed by atoms with Crippen molar-refractivity contribution in [1.29, 1.82) is 0 Å². The molecule has 35 heavy (non-hydrogen) atoms. The van der Waals surface area contributed by atoms with Gasteiger partial charge in [0.2, 0.25) is 5.43 Å². The molecule has 2 aromatic carbocycles. The smallest absolute Gasteiger partial charge is 0.261 e. The molecule has 5 aromatic rings. The molecule has 8 nitrogen and oxygen atoms in total. The Kier molecular flexibility index (Phi) is 5.37. The number of hydrogen-bond acceptors (Lipinski definition) is 5. The number of amides is 1. The van der Waals surface area contributed by atoms with Gasteiger partial charge >= 0.3 is 0 Å². The maximum absolute atomic E-state index is 13.3. The van der Waals surface area contributed by atoms with Gasteiger partial charge in [-0.2, -0.15) is 0 Å². The van der Waals surface area contributed by atoms with E-state index in [1.807, 2.05) is 29.9 Å². The summed E-state index contributed by atoms with van der Waals surface area (Å²) in [6, 6.07) is 12.8. The van der Waals surface area contributed by atoms with Crippen molar-refractivity contribution in [2.24, 2.45) is 14.1 Å². The number of aromatic nitrogens is 4. The van der Waals surface area contributed by atoms with Crippen LogP contribution in [0.4, 0.5) is 15.9 Å². The Morgan fingerprint density at radius 1 is 0.914 bits per heavy atom. The van der Waals surface area contributed by atoms with Crippen molar-refractivity contribution in [3.8, 4) is 22.3 Å². The van der Waals surface area contributed by atoms with Crippen molar-refractivity contribution in [1.82, 2.24) is 19.1 Å². The summed E-state index contributed by atoms with van der Waals surface area (Å²) in [6.45, 7) is 0. The van der Waals surface area contributed by atoms with Gasteiger partial charge in [-0.15, -0.1) is 0 Å². The summed E-state index contributed by atoms with van der Waals surface area (Å²) in [4.78, 5) is 34.4. The Hall–Kier alpha value is -4.79. The molecule has 1 amide bonds. The van der Waals surface area contributed by atoms with Gasteiger partial charge in [-0.25, -0.2) is 14.4 Å². The molecule has 0 spiro atoms. The Balaban J connectivity index is 1.44. The first-order valence-corrected chi connectivity index (χ1v) is 10.8. The van der Waals surface area contributed by atoms with Gasteiger partial charge in [0.1, 0.15) is 29.2 Å². The zero-order valence-corrected chi connectivity index (χ0v) is 19.0. The van der Waals surface area contributed by atoms with E-state index in [1.54, 1.807) is 29.9 Å². The van der Waals surface area contributed by atoms with Gasteiger partial charge in [0.25, 0.3) is 5.91 Å². The van der Waals surface area contributed by atoms with Crippen LogP contribution in [0.15, 0.2) is 78.2 Å². The minimum atomic E-state index is -0.537. The van der Waals surface area contributed by atoms with Crippen molar-refractivity contribution < 1.29 is 9.18 Å². The van der Waals surface area contributed by atoms with E-state index < -0.39 is 17.2 Å². The van der Waals surface area contributed by atoms with Crippen molar-refractivity contribution in [2.45, 2.75) is 0 Å². The standard InChI is InChI=1S/C26H21FN6O2/c1-32-11-20(16-3-7-17(27)8-4-16)23(34)21(12-32)26(35)31-18-9-5-15(6-10-18)19-13-33(2)25-22(19)24(28)29-14-30-25/h3-14H,1-2H3,(H,31,35)(H2,28,29,30). The first-order valence-electron chi connectivity index (χ1n) is 10.8. The normalized spacial score (nSPS) is 11.1. The molecule has 0 fully saturated rings. The minimum absolute atomic E-state index is 0.0163. The highest BCUT2D eigenvalue weighted by Crippen LogP contribution is 2.32. The van der Waals surface area contributed by atoms with Crippen LogP contribution in [-0.2, 0) is 14.1 Å². The Bertz CT molecular complexity index is 1640. The second kappa shape index (κ2) is 8.53. The molecule has 0 bridgehead atoms.